The quantitative estimate of drug-likeness (QED) is 0.117. The molecule has 5 aromatic rings. The SMILES string of the molecule is CC(=O)/C=C(/C)O.Cc1[c-]c(-c2cc3sc(-c4ccccc4)c(-c4ccccc4)c3cn2)cc(C)c1.[Ir]. The number of fused-ring (bicyclic) bond motifs is 1. The summed E-state index contributed by atoms with van der Waals surface area (Å²) in [5.41, 5.74) is 8.14. The summed E-state index contributed by atoms with van der Waals surface area (Å²) >= 11 is 1.84. The van der Waals surface area contributed by atoms with Gasteiger partial charge in [-0.3, -0.25) is 4.79 Å². The van der Waals surface area contributed by atoms with Crippen molar-refractivity contribution in [3.8, 4) is 32.8 Å². The van der Waals surface area contributed by atoms with Crippen LogP contribution in [0.3, 0.4) is 0 Å². The van der Waals surface area contributed by atoms with Crippen molar-refractivity contribution < 1.29 is 30.0 Å². The predicted molar refractivity (Wildman–Crippen MR) is 151 cm³/mol. The van der Waals surface area contributed by atoms with Gasteiger partial charge in [-0.05, 0) is 30.7 Å². The Hall–Kier alpha value is -3.37. The fourth-order valence-electron chi connectivity index (χ4n) is 4.15. The molecule has 5 heteroatoms. The Labute approximate surface area is 235 Å². The minimum absolute atomic E-state index is 0. The van der Waals surface area contributed by atoms with E-state index in [1.807, 2.05) is 17.5 Å². The molecule has 0 amide bonds. The number of pyridine rings is 1. The molecule has 0 aliphatic rings. The maximum absolute atomic E-state index is 10.0. The van der Waals surface area contributed by atoms with E-state index in [1.54, 1.807) is 0 Å². The first kappa shape index (κ1) is 28.2. The minimum atomic E-state index is -0.125. The standard InChI is InChI=1S/C27H20NS.C5H8O2.Ir/c1-18-13-19(2)15-22(14-18)24-16-25-23(17-28-24)26(20-9-5-3-6-10-20)27(29-25)21-11-7-4-8-12-21;1-4(6)3-5(2)7;/h3-14,16-17H,1-2H3;3,6H,1-2H3;/q-1;;/b;4-3-;. The number of benzene rings is 3. The Balaban J connectivity index is 0.000000422. The molecule has 1 radical (unpaired) electrons. The van der Waals surface area contributed by atoms with E-state index in [0.29, 0.717) is 0 Å². The molecular formula is C32H28IrNO2S-. The number of allylic oxidation sites excluding steroid dienone is 2. The molecule has 1 N–H and O–H groups in total. The van der Waals surface area contributed by atoms with Crippen LogP contribution in [0.1, 0.15) is 25.0 Å². The molecule has 0 saturated heterocycles. The van der Waals surface area contributed by atoms with Crippen molar-refractivity contribution in [3.05, 3.63) is 114 Å². The van der Waals surface area contributed by atoms with Crippen molar-refractivity contribution >= 4 is 27.2 Å². The van der Waals surface area contributed by atoms with E-state index in [1.165, 1.54) is 57.1 Å². The number of carbonyl (C=O) groups excluding carboxylic acids is 1. The van der Waals surface area contributed by atoms with Gasteiger partial charge in [-0.25, -0.2) is 0 Å². The monoisotopic (exact) mass is 683 g/mol. The summed E-state index contributed by atoms with van der Waals surface area (Å²) in [6.45, 7) is 7.05. The molecule has 2 aromatic heterocycles. The molecule has 3 aromatic carbocycles. The molecule has 189 valence electrons. The number of hydrogen-bond acceptors (Lipinski definition) is 4. The van der Waals surface area contributed by atoms with Crippen LogP contribution in [0.25, 0.3) is 42.9 Å². The first-order valence-corrected chi connectivity index (χ1v) is 12.6. The number of aliphatic hydroxyl groups excluding tert-OH is 1. The van der Waals surface area contributed by atoms with Crippen molar-refractivity contribution in [2.45, 2.75) is 27.7 Å². The van der Waals surface area contributed by atoms with Gasteiger partial charge in [0.15, 0.2) is 5.78 Å². The fourth-order valence-corrected chi connectivity index (χ4v) is 5.39. The number of hydrogen-bond donors (Lipinski definition) is 1. The predicted octanol–water partition coefficient (Wildman–Crippen LogP) is 8.75. The first-order chi connectivity index (χ1) is 17.3. The summed E-state index contributed by atoms with van der Waals surface area (Å²) in [5.74, 6) is -0.0625. The van der Waals surface area contributed by atoms with Crippen LogP contribution in [0.4, 0.5) is 0 Å². The Kier molecular flexibility index (Phi) is 9.71. The maximum atomic E-state index is 10.0. The van der Waals surface area contributed by atoms with Crippen LogP contribution in [0.15, 0.2) is 96.9 Å². The zero-order chi connectivity index (χ0) is 25.7. The van der Waals surface area contributed by atoms with E-state index in [-0.39, 0.29) is 31.6 Å². The van der Waals surface area contributed by atoms with Crippen LogP contribution < -0.4 is 0 Å². The molecule has 2 heterocycles. The maximum Gasteiger partial charge on any atom is 0.155 e. The van der Waals surface area contributed by atoms with Crippen molar-refractivity contribution in [2.75, 3.05) is 0 Å². The summed E-state index contributed by atoms with van der Waals surface area (Å²) in [6.07, 6.45) is 3.20. The summed E-state index contributed by atoms with van der Waals surface area (Å²) in [6, 6.07) is 31.2. The first-order valence-electron chi connectivity index (χ1n) is 11.7. The number of ketones is 1. The average Bonchev–Trinajstić information content (AvgIpc) is 3.23. The molecule has 5 rings (SSSR count). The van der Waals surface area contributed by atoms with Crippen LogP contribution in [0, 0.1) is 19.9 Å². The Bertz CT molecular complexity index is 1520. The van der Waals surface area contributed by atoms with Crippen molar-refractivity contribution in [2.24, 2.45) is 0 Å². The molecule has 0 fully saturated rings. The van der Waals surface area contributed by atoms with Gasteiger partial charge >= 0.3 is 0 Å². The number of aliphatic hydroxyl groups is 1. The second kappa shape index (κ2) is 12.7. The van der Waals surface area contributed by atoms with Gasteiger partial charge in [0.05, 0.1) is 5.76 Å². The van der Waals surface area contributed by atoms with Gasteiger partial charge < -0.3 is 10.1 Å². The van der Waals surface area contributed by atoms with Crippen LogP contribution in [0.5, 0.6) is 0 Å². The van der Waals surface area contributed by atoms with E-state index in [2.05, 4.69) is 98.8 Å². The zero-order valence-corrected chi connectivity index (χ0v) is 24.4. The summed E-state index contributed by atoms with van der Waals surface area (Å²) < 4.78 is 1.25. The molecule has 0 saturated carbocycles. The number of nitrogens with zero attached hydrogens (tertiary/aromatic N) is 1. The van der Waals surface area contributed by atoms with Crippen molar-refractivity contribution in [3.63, 3.8) is 0 Å². The van der Waals surface area contributed by atoms with Crippen LogP contribution in [-0.2, 0) is 24.9 Å². The van der Waals surface area contributed by atoms with Gasteiger partial charge in [-0.1, -0.05) is 80.6 Å². The number of rotatable bonds is 4. The normalized spacial score (nSPS) is 10.9. The number of aryl methyl sites for hydroxylation is 2. The molecular weight excluding hydrogens is 655 g/mol. The molecule has 37 heavy (non-hydrogen) atoms. The number of carbonyl (C=O) groups is 1. The topological polar surface area (TPSA) is 50.2 Å². The molecule has 3 nitrogen and oxygen atoms in total. The summed E-state index contributed by atoms with van der Waals surface area (Å²) in [4.78, 5) is 16.1. The Morgan fingerprint density at radius 1 is 0.919 bits per heavy atom. The van der Waals surface area contributed by atoms with E-state index >= 15 is 0 Å². The second-order valence-electron chi connectivity index (χ2n) is 8.75. The summed E-state index contributed by atoms with van der Waals surface area (Å²) in [5, 5.41) is 9.57. The molecule has 0 bridgehead atoms. The van der Waals surface area contributed by atoms with Crippen LogP contribution in [-0.4, -0.2) is 15.9 Å². The Morgan fingerprint density at radius 2 is 1.54 bits per heavy atom. The van der Waals surface area contributed by atoms with E-state index in [4.69, 9.17) is 10.1 Å². The third-order valence-corrected chi connectivity index (χ3v) is 6.71. The number of thiophene rings is 1. The Morgan fingerprint density at radius 3 is 2.08 bits per heavy atom. The van der Waals surface area contributed by atoms with Crippen LogP contribution >= 0.6 is 11.3 Å². The van der Waals surface area contributed by atoms with Gasteiger partial charge in [0.25, 0.3) is 0 Å². The number of aromatic nitrogens is 1. The molecule has 0 unspecified atom stereocenters. The zero-order valence-electron chi connectivity index (χ0n) is 21.2. The summed E-state index contributed by atoms with van der Waals surface area (Å²) in [7, 11) is 0. The van der Waals surface area contributed by atoms with Crippen LogP contribution in [0.2, 0.25) is 0 Å². The second-order valence-corrected chi connectivity index (χ2v) is 9.81. The molecule has 0 spiro atoms. The van der Waals surface area contributed by atoms with E-state index in [9.17, 15) is 4.79 Å². The minimum Gasteiger partial charge on any atom is -0.512 e. The van der Waals surface area contributed by atoms with Gasteiger partial charge in [0, 0.05) is 52.9 Å². The largest absolute Gasteiger partial charge is 0.512 e. The third-order valence-electron chi connectivity index (χ3n) is 5.51. The molecule has 0 aliphatic heterocycles. The third kappa shape index (κ3) is 7.11. The molecule has 0 atom stereocenters. The van der Waals surface area contributed by atoms with Crippen molar-refractivity contribution in [1.29, 1.82) is 0 Å². The van der Waals surface area contributed by atoms with Gasteiger partial charge in [-0.15, -0.1) is 46.2 Å². The van der Waals surface area contributed by atoms with Gasteiger partial charge in [-0.2, -0.15) is 0 Å². The van der Waals surface area contributed by atoms with Gasteiger partial charge in [0.2, 0.25) is 0 Å². The van der Waals surface area contributed by atoms with Crippen molar-refractivity contribution in [1.82, 2.24) is 4.98 Å². The van der Waals surface area contributed by atoms with Gasteiger partial charge in [0.1, 0.15) is 0 Å². The smallest absolute Gasteiger partial charge is 0.155 e. The van der Waals surface area contributed by atoms with E-state index < -0.39 is 0 Å². The van der Waals surface area contributed by atoms with E-state index in [0.717, 1.165) is 16.8 Å². The molecule has 0 aliphatic carbocycles. The average molecular weight is 683 g/mol. The fraction of sp³-hybridized carbons (Fsp3) is 0.125.